The second kappa shape index (κ2) is 13.2. The normalized spacial score (nSPS) is 10.9. The lowest BCUT2D eigenvalue weighted by atomic mass is 10.2. The van der Waals surface area contributed by atoms with Gasteiger partial charge in [0.05, 0.1) is 13.7 Å². The molecule has 8 nitrogen and oxygen atoms in total. The third-order valence-electron chi connectivity index (χ3n) is 4.03. The van der Waals surface area contributed by atoms with Crippen LogP contribution in [0.5, 0.6) is 11.5 Å². The van der Waals surface area contributed by atoms with Gasteiger partial charge in [-0.1, -0.05) is 19.9 Å². The van der Waals surface area contributed by atoms with Gasteiger partial charge in [0.15, 0.2) is 17.5 Å². The number of guanidine groups is 1. The summed E-state index contributed by atoms with van der Waals surface area (Å²) in [6, 6.07) is 5.95. The zero-order valence-corrected chi connectivity index (χ0v) is 19.4. The standard InChI is InChI=1S/C19H30N6O2.HI/c1-5-11-27-16-8-7-15(12-17(16)26-4)13-22-19(20-3)21-9-10-25-14-23-24-18(25)6-2;/h7-8,12,14H,5-6,9-11,13H2,1-4H3,(H2,20,21,22);1H. The lowest BCUT2D eigenvalue weighted by molar-refractivity contribution is 0.294. The van der Waals surface area contributed by atoms with Gasteiger partial charge < -0.3 is 24.7 Å². The number of nitrogens with one attached hydrogen (secondary N) is 2. The van der Waals surface area contributed by atoms with Crippen molar-refractivity contribution in [3.8, 4) is 11.5 Å². The molecule has 1 aromatic carbocycles. The highest BCUT2D eigenvalue weighted by atomic mass is 127. The number of methoxy groups -OCH3 is 1. The van der Waals surface area contributed by atoms with Crippen molar-refractivity contribution in [3.63, 3.8) is 0 Å². The number of aliphatic imine (C=N–C) groups is 1. The highest BCUT2D eigenvalue weighted by Crippen LogP contribution is 2.28. The number of hydrogen-bond acceptors (Lipinski definition) is 5. The Labute approximate surface area is 184 Å². The van der Waals surface area contributed by atoms with E-state index in [1.165, 1.54) is 0 Å². The van der Waals surface area contributed by atoms with Crippen LogP contribution in [0.1, 0.15) is 31.7 Å². The molecule has 2 N–H and O–H groups in total. The third-order valence-corrected chi connectivity index (χ3v) is 4.03. The van der Waals surface area contributed by atoms with Crippen LogP contribution in [-0.4, -0.2) is 48.0 Å². The number of halogens is 1. The van der Waals surface area contributed by atoms with E-state index in [0.29, 0.717) is 13.2 Å². The van der Waals surface area contributed by atoms with Gasteiger partial charge in [-0.15, -0.1) is 34.2 Å². The van der Waals surface area contributed by atoms with Crippen LogP contribution in [0.3, 0.4) is 0 Å². The van der Waals surface area contributed by atoms with Crippen molar-refractivity contribution in [3.05, 3.63) is 35.9 Å². The molecule has 0 unspecified atom stereocenters. The van der Waals surface area contributed by atoms with Crippen molar-refractivity contribution in [2.45, 2.75) is 39.8 Å². The van der Waals surface area contributed by atoms with E-state index in [0.717, 1.165) is 54.8 Å². The molecule has 1 heterocycles. The van der Waals surface area contributed by atoms with Gasteiger partial charge in [-0.25, -0.2) is 0 Å². The van der Waals surface area contributed by atoms with Crippen LogP contribution in [0.2, 0.25) is 0 Å². The average Bonchev–Trinajstić information content (AvgIpc) is 3.16. The summed E-state index contributed by atoms with van der Waals surface area (Å²) < 4.78 is 13.2. The highest BCUT2D eigenvalue weighted by molar-refractivity contribution is 14.0. The SMILES string of the molecule is CCCOc1ccc(CNC(=NC)NCCn2cnnc2CC)cc1OC.I. The van der Waals surface area contributed by atoms with Crippen LogP contribution >= 0.6 is 24.0 Å². The van der Waals surface area contributed by atoms with Crippen molar-refractivity contribution >= 4 is 29.9 Å². The third kappa shape index (κ3) is 7.17. The first-order chi connectivity index (χ1) is 13.2. The summed E-state index contributed by atoms with van der Waals surface area (Å²) in [5, 5.41) is 14.6. The molecule has 0 fully saturated rings. The van der Waals surface area contributed by atoms with E-state index in [1.807, 2.05) is 22.8 Å². The Balaban J connectivity index is 0.00000392. The summed E-state index contributed by atoms with van der Waals surface area (Å²) in [4.78, 5) is 4.26. The lowest BCUT2D eigenvalue weighted by Gasteiger charge is -2.14. The fourth-order valence-electron chi connectivity index (χ4n) is 2.59. The van der Waals surface area contributed by atoms with Crippen LogP contribution in [-0.2, 0) is 19.5 Å². The van der Waals surface area contributed by atoms with Crippen molar-refractivity contribution in [1.82, 2.24) is 25.4 Å². The van der Waals surface area contributed by atoms with Gasteiger partial charge in [0.2, 0.25) is 0 Å². The quantitative estimate of drug-likeness (QED) is 0.295. The topological polar surface area (TPSA) is 85.6 Å². The van der Waals surface area contributed by atoms with E-state index in [9.17, 15) is 0 Å². The summed E-state index contributed by atoms with van der Waals surface area (Å²) in [5.41, 5.74) is 1.09. The van der Waals surface area contributed by atoms with E-state index in [1.54, 1.807) is 20.5 Å². The van der Waals surface area contributed by atoms with Gasteiger partial charge in [0.1, 0.15) is 12.2 Å². The molecule has 0 amide bonds. The smallest absolute Gasteiger partial charge is 0.191 e. The lowest BCUT2D eigenvalue weighted by Crippen LogP contribution is -2.38. The first-order valence-electron chi connectivity index (χ1n) is 9.32. The molecule has 28 heavy (non-hydrogen) atoms. The second-order valence-electron chi connectivity index (χ2n) is 5.98. The van der Waals surface area contributed by atoms with Crippen molar-refractivity contribution in [2.24, 2.45) is 4.99 Å². The Morgan fingerprint density at radius 3 is 2.71 bits per heavy atom. The largest absolute Gasteiger partial charge is 0.493 e. The average molecular weight is 502 g/mol. The first-order valence-corrected chi connectivity index (χ1v) is 9.32. The van der Waals surface area contributed by atoms with Gasteiger partial charge >= 0.3 is 0 Å². The van der Waals surface area contributed by atoms with Gasteiger partial charge in [0.25, 0.3) is 0 Å². The van der Waals surface area contributed by atoms with Crippen LogP contribution in [0.15, 0.2) is 29.5 Å². The fourth-order valence-corrected chi connectivity index (χ4v) is 2.59. The van der Waals surface area contributed by atoms with Crippen molar-refractivity contribution < 1.29 is 9.47 Å². The van der Waals surface area contributed by atoms with E-state index >= 15 is 0 Å². The summed E-state index contributed by atoms with van der Waals surface area (Å²) >= 11 is 0. The first kappa shape index (κ1) is 24.0. The van der Waals surface area contributed by atoms with Crippen molar-refractivity contribution in [2.75, 3.05) is 27.3 Å². The summed E-state index contributed by atoms with van der Waals surface area (Å²) in [5.74, 6) is 3.24. The molecule has 0 bridgehead atoms. The molecule has 0 aliphatic carbocycles. The highest BCUT2D eigenvalue weighted by Gasteiger charge is 2.07. The van der Waals surface area contributed by atoms with Crippen LogP contribution in [0.25, 0.3) is 0 Å². The molecule has 0 saturated heterocycles. The fraction of sp³-hybridized carbons (Fsp3) is 0.526. The van der Waals surface area contributed by atoms with Crippen LogP contribution in [0, 0.1) is 0 Å². The molecule has 0 radical (unpaired) electrons. The van der Waals surface area contributed by atoms with Crippen LogP contribution < -0.4 is 20.1 Å². The minimum absolute atomic E-state index is 0. The Hall–Kier alpha value is -2.04. The molecule has 0 atom stereocenters. The summed E-state index contributed by atoms with van der Waals surface area (Å²) in [7, 11) is 3.41. The minimum atomic E-state index is 0. The maximum Gasteiger partial charge on any atom is 0.191 e. The molecule has 1 aromatic heterocycles. The molecule has 0 aliphatic rings. The van der Waals surface area contributed by atoms with E-state index < -0.39 is 0 Å². The Bertz CT molecular complexity index is 735. The van der Waals surface area contributed by atoms with Crippen LogP contribution in [0.4, 0.5) is 0 Å². The van der Waals surface area contributed by atoms with Gasteiger partial charge in [0, 0.05) is 33.1 Å². The molecule has 0 saturated carbocycles. The van der Waals surface area contributed by atoms with E-state index in [2.05, 4.69) is 39.7 Å². The number of aromatic nitrogens is 3. The Morgan fingerprint density at radius 2 is 2.04 bits per heavy atom. The number of ether oxygens (including phenoxy) is 2. The van der Waals surface area contributed by atoms with E-state index in [4.69, 9.17) is 9.47 Å². The number of aryl methyl sites for hydroxylation is 1. The minimum Gasteiger partial charge on any atom is -0.493 e. The van der Waals surface area contributed by atoms with Gasteiger partial charge in [-0.05, 0) is 24.1 Å². The van der Waals surface area contributed by atoms with E-state index in [-0.39, 0.29) is 24.0 Å². The Kier molecular flexibility index (Phi) is 11.3. The molecule has 0 aliphatic heterocycles. The molecular weight excluding hydrogens is 471 g/mol. The Morgan fingerprint density at radius 1 is 1.21 bits per heavy atom. The van der Waals surface area contributed by atoms with Gasteiger partial charge in [-0.2, -0.15) is 0 Å². The number of nitrogens with zero attached hydrogens (tertiary/aromatic N) is 4. The molecule has 2 aromatic rings. The van der Waals surface area contributed by atoms with Crippen molar-refractivity contribution in [1.29, 1.82) is 0 Å². The molecule has 156 valence electrons. The zero-order chi connectivity index (χ0) is 19.5. The zero-order valence-electron chi connectivity index (χ0n) is 17.1. The monoisotopic (exact) mass is 502 g/mol. The van der Waals surface area contributed by atoms with Gasteiger partial charge in [-0.3, -0.25) is 4.99 Å². The summed E-state index contributed by atoms with van der Waals surface area (Å²) in [6.07, 6.45) is 3.58. The molecule has 0 spiro atoms. The predicted octanol–water partition coefficient (Wildman–Crippen LogP) is 2.62. The maximum atomic E-state index is 5.69. The summed E-state index contributed by atoms with van der Waals surface area (Å²) in [6.45, 7) is 6.98. The molecular formula is C19H31IN6O2. The number of benzene rings is 1. The molecule has 2 rings (SSSR count). The predicted molar refractivity (Wildman–Crippen MR) is 122 cm³/mol. The molecule has 9 heteroatoms. The number of hydrogen-bond donors (Lipinski definition) is 2. The number of rotatable bonds is 10. The maximum absolute atomic E-state index is 5.69. The second-order valence-corrected chi connectivity index (χ2v) is 5.98.